The minimum Gasteiger partial charge on any atom is -0.508 e. The van der Waals surface area contributed by atoms with Gasteiger partial charge in [-0.1, -0.05) is 13.0 Å². The summed E-state index contributed by atoms with van der Waals surface area (Å²) in [6.07, 6.45) is 0.746. The van der Waals surface area contributed by atoms with Gasteiger partial charge < -0.3 is 20.4 Å². The number of aliphatic hydroxyl groups is 1. The second-order valence-corrected chi connectivity index (χ2v) is 5.76. The van der Waals surface area contributed by atoms with Gasteiger partial charge in [-0.15, -0.1) is 0 Å². The van der Waals surface area contributed by atoms with E-state index in [0.29, 0.717) is 11.7 Å². The normalized spacial score (nSPS) is 22.0. The minimum absolute atomic E-state index is 0.151. The zero-order valence-electron chi connectivity index (χ0n) is 12.6. The van der Waals surface area contributed by atoms with Gasteiger partial charge in [-0.3, -0.25) is 0 Å². The zero-order chi connectivity index (χ0) is 14.7. The third-order valence-corrected chi connectivity index (χ3v) is 4.26. The summed E-state index contributed by atoms with van der Waals surface area (Å²) in [4.78, 5) is 2.23. The lowest BCUT2D eigenvalue weighted by Gasteiger charge is -2.22. The number of anilines is 1. The van der Waals surface area contributed by atoms with Gasteiger partial charge in [-0.2, -0.15) is 0 Å². The molecule has 3 atom stereocenters. The summed E-state index contributed by atoms with van der Waals surface area (Å²) in [7, 11) is 0. The van der Waals surface area contributed by atoms with Crippen molar-refractivity contribution in [2.24, 2.45) is 5.92 Å². The molecule has 0 bridgehead atoms. The second kappa shape index (κ2) is 6.46. The number of hydrogen-bond donors (Lipinski definition) is 3. The molecular formula is C16H26N2O2. The summed E-state index contributed by atoms with van der Waals surface area (Å²) >= 11 is 0. The standard InChI is InChI=1S/C16H26N2O2/c1-4-17-11(2)15-6-5-14(9-16(15)20)18-8-7-13(10-18)12(3)19/h5-6,9,11-13,17,19-20H,4,7-8,10H2,1-3H3. The molecule has 0 radical (unpaired) electrons. The van der Waals surface area contributed by atoms with Crippen LogP contribution in [0.15, 0.2) is 18.2 Å². The van der Waals surface area contributed by atoms with Gasteiger partial charge in [0.1, 0.15) is 5.75 Å². The molecule has 1 heterocycles. The molecule has 1 saturated heterocycles. The third-order valence-electron chi connectivity index (χ3n) is 4.26. The SMILES string of the molecule is CCNC(C)c1ccc(N2CCC(C(C)O)C2)cc1O. The average molecular weight is 278 g/mol. The van der Waals surface area contributed by atoms with Crippen molar-refractivity contribution >= 4 is 5.69 Å². The van der Waals surface area contributed by atoms with Crippen molar-refractivity contribution in [2.75, 3.05) is 24.5 Å². The molecule has 0 spiro atoms. The van der Waals surface area contributed by atoms with Crippen LogP contribution in [-0.4, -0.2) is 36.0 Å². The number of nitrogens with one attached hydrogen (secondary N) is 1. The fourth-order valence-corrected chi connectivity index (χ4v) is 2.93. The first-order chi connectivity index (χ1) is 9.52. The van der Waals surface area contributed by atoms with E-state index in [-0.39, 0.29) is 12.1 Å². The first-order valence-electron chi connectivity index (χ1n) is 7.52. The van der Waals surface area contributed by atoms with Crippen LogP contribution in [0.25, 0.3) is 0 Å². The fraction of sp³-hybridized carbons (Fsp3) is 0.625. The Hall–Kier alpha value is -1.26. The highest BCUT2D eigenvalue weighted by Gasteiger charge is 2.26. The smallest absolute Gasteiger partial charge is 0.122 e. The monoisotopic (exact) mass is 278 g/mol. The van der Waals surface area contributed by atoms with E-state index >= 15 is 0 Å². The van der Waals surface area contributed by atoms with Crippen LogP contribution in [0.5, 0.6) is 5.75 Å². The highest BCUT2D eigenvalue weighted by molar-refractivity contribution is 5.54. The molecule has 4 heteroatoms. The fourth-order valence-electron chi connectivity index (χ4n) is 2.93. The van der Waals surface area contributed by atoms with Gasteiger partial charge in [0, 0.05) is 42.4 Å². The average Bonchev–Trinajstić information content (AvgIpc) is 2.88. The van der Waals surface area contributed by atoms with Crippen LogP contribution >= 0.6 is 0 Å². The molecule has 1 fully saturated rings. The molecule has 4 nitrogen and oxygen atoms in total. The van der Waals surface area contributed by atoms with Crippen molar-refractivity contribution in [3.8, 4) is 5.75 Å². The van der Waals surface area contributed by atoms with Crippen molar-refractivity contribution in [3.63, 3.8) is 0 Å². The summed E-state index contributed by atoms with van der Waals surface area (Å²) in [5, 5.41) is 23.2. The summed E-state index contributed by atoms with van der Waals surface area (Å²) in [5.74, 6) is 0.675. The lowest BCUT2D eigenvalue weighted by atomic mass is 10.0. The van der Waals surface area contributed by atoms with Gasteiger partial charge >= 0.3 is 0 Å². The molecule has 1 aliphatic heterocycles. The molecule has 0 aliphatic carbocycles. The van der Waals surface area contributed by atoms with Crippen molar-refractivity contribution in [1.82, 2.24) is 5.32 Å². The molecular weight excluding hydrogens is 252 g/mol. The molecule has 20 heavy (non-hydrogen) atoms. The minimum atomic E-state index is -0.262. The van der Waals surface area contributed by atoms with Gasteiger partial charge in [0.2, 0.25) is 0 Å². The Morgan fingerprint density at radius 1 is 1.40 bits per heavy atom. The van der Waals surface area contributed by atoms with E-state index in [0.717, 1.165) is 37.3 Å². The second-order valence-electron chi connectivity index (χ2n) is 5.76. The number of aromatic hydroxyl groups is 1. The number of phenolic OH excluding ortho intramolecular Hbond substituents is 1. The molecule has 1 aliphatic rings. The lowest BCUT2D eigenvalue weighted by molar-refractivity contribution is 0.136. The van der Waals surface area contributed by atoms with E-state index in [1.54, 1.807) is 0 Å². The molecule has 0 amide bonds. The van der Waals surface area contributed by atoms with Crippen LogP contribution < -0.4 is 10.2 Å². The van der Waals surface area contributed by atoms with E-state index in [1.165, 1.54) is 0 Å². The number of phenols is 1. The van der Waals surface area contributed by atoms with Crippen LogP contribution in [0.3, 0.4) is 0 Å². The van der Waals surface area contributed by atoms with Crippen LogP contribution in [0.2, 0.25) is 0 Å². The molecule has 112 valence electrons. The predicted octanol–water partition coefficient (Wildman–Crippen LogP) is 2.27. The van der Waals surface area contributed by atoms with E-state index in [9.17, 15) is 10.2 Å². The van der Waals surface area contributed by atoms with Crippen molar-refractivity contribution < 1.29 is 10.2 Å². The van der Waals surface area contributed by atoms with E-state index in [1.807, 2.05) is 19.1 Å². The Bertz CT molecular complexity index is 448. The Balaban J connectivity index is 2.10. The number of nitrogens with zero attached hydrogens (tertiary/aromatic N) is 1. The Morgan fingerprint density at radius 2 is 2.15 bits per heavy atom. The van der Waals surface area contributed by atoms with Gasteiger partial charge in [-0.25, -0.2) is 0 Å². The number of aliphatic hydroxyl groups excluding tert-OH is 1. The summed E-state index contributed by atoms with van der Waals surface area (Å²) in [6, 6.07) is 6.05. The Kier molecular flexibility index (Phi) is 4.89. The van der Waals surface area contributed by atoms with Crippen molar-refractivity contribution in [2.45, 2.75) is 39.3 Å². The van der Waals surface area contributed by atoms with Crippen LogP contribution in [0.1, 0.15) is 38.8 Å². The van der Waals surface area contributed by atoms with Gasteiger partial charge in [-0.05, 0) is 32.9 Å². The quantitative estimate of drug-likeness (QED) is 0.773. The maximum atomic E-state index is 10.2. The molecule has 3 unspecified atom stereocenters. The van der Waals surface area contributed by atoms with Gasteiger partial charge in [0.05, 0.1) is 6.10 Å². The summed E-state index contributed by atoms with van der Waals surface area (Å²) in [6.45, 7) is 8.65. The van der Waals surface area contributed by atoms with Crippen LogP contribution in [-0.2, 0) is 0 Å². The topological polar surface area (TPSA) is 55.7 Å². The van der Waals surface area contributed by atoms with Crippen LogP contribution in [0.4, 0.5) is 5.69 Å². The highest BCUT2D eigenvalue weighted by Crippen LogP contribution is 2.32. The van der Waals surface area contributed by atoms with Crippen molar-refractivity contribution in [3.05, 3.63) is 23.8 Å². The zero-order valence-corrected chi connectivity index (χ0v) is 12.6. The van der Waals surface area contributed by atoms with Crippen molar-refractivity contribution in [1.29, 1.82) is 0 Å². The molecule has 3 N–H and O–H groups in total. The third kappa shape index (κ3) is 3.25. The lowest BCUT2D eigenvalue weighted by Crippen LogP contribution is -2.24. The maximum absolute atomic E-state index is 10.2. The van der Waals surface area contributed by atoms with Gasteiger partial charge in [0.15, 0.2) is 0 Å². The molecule has 0 saturated carbocycles. The first-order valence-corrected chi connectivity index (χ1v) is 7.52. The molecule has 0 aromatic heterocycles. The van der Waals surface area contributed by atoms with E-state index in [2.05, 4.69) is 30.1 Å². The molecule has 1 aromatic rings. The van der Waals surface area contributed by atoms with Crippen LogP contribution in [0, 0.1) is 5.92 Å². The van der Waals surface area contributed by atoms with E-state index in [4.69, 9.17) is 0 Å². The molecule has 2 rings (SSSR count). The van der Waals surface area contributed by atoms with Gasteiger partial charge in [0.25, 0.3) is 0 Å². The first kappa shape index (κ1) is 15.1. The Labute approximate surface area is 121 Å². The number of hydrogen-bond acceptors (Lipinski definition) is 4. The summed E-state index contributed by atoms with van der Waals surface area (Å²) < 4.78 is 0. The Morgan fingerprint density at radius 3 is 2.70 bits per heavy atom. The number of benzene rings is 1. The largest absolute Gasteiger partial charge is 0.508 e. The maximum Gasteiger partial charge on any atom is 0.122 e. The number of rotatable bonds is 5. The molecule has 1 aromatic carbocycles. The summed E-state index contributed by atoms with van der Waals surface area (Å²) in [5.41, 5.74) is 1.97. The van der Waals surface area contributed by atoms with E-state index < -0.39 is 0 Å². The predicted molar refractivity (Wildman–Crippen MR) is 82.2 cm³/mol. The highest BCUT2D eigenvalue weighted by atomic mass is 16.3.